The van der Waals surface area contributed by atoms with Gasteiger partial charge >= 0.3 is 0 Å². The molecular formula is C24H18BrN. The summed E-state index contributed by atoms with van der Waals surface area (Å²) in [5.74, 6) is 0. The fourth-order valence-corrected chi connectivity index (χ4v) is 4.57. The molecule has 1 heterocycles. The number of rotatable bonds is 1. The molecule has 0 saturated heterocycles. The fourth-order valence-electron chi connectivity index (χ4n) is 4.30. The number of pyridine rings is 1. The molecule has 126 valence electrons. The third-order valence-corrected chi connectivity index (χ3v) is 6.03. The van der Waals surface area contributed by atoms with E-state index >= 15 is 0 Å². The molecule has 0 fully saturated rings. The maximum atomic E-state index is 5.09. The predicted molar refractivity (Wildman–Crippen MR) is 112 cm³/mol. The Morgan fingerprint density at radius 1 is 0.808 bits per heavy atom. The van der Waals surface area contributed by atoms with Gasteiger partial charge in [-0.15, -0.1) is 0 Å². The summed E-state index contributed by atoms with van der Waals surface area (Å²) >= 11 is 3.56. The van der Waals surface area contributed by atoms with E-state index in [1.165, 1.54) is 33.2 Å². The maximum Gasteiger partial charge on any atom is 0.0759 e. The van der Waals surface area contributed by atoms with E-state index in [2.05, 4.69) is 103 Å². The average molecular weight is 400 g/mol. The molecule has 26 heavy (non-hydrogen) atoms. The first kappa shape index (κ1) is 15.8. The maximum absolute atomic E-state index is 5.09. The quantitative estimate of drug-likeness (QED) is 0.336. The number of hydrogen-bond acceptors (Lipinski definition) is 1. The van der Waals surface area contributed by atoms with Crippen LogP contribution in [0.25, 0.3) is 33.3 Å². The summed E-state index contributed by atoms with van der Waals surface area (Å²) in [6.07, 6.45) is 0. The molecule has 3 aromatic carbocycles. The normalized spacial score (nSPS) is 14.3. The Labute approximate surface area is 161 Å². The first-order chi connectivity index (χ1) is 12.6. The molecule has 0 bridgehead atoms. The summed E-state index contributed by atoms with van der Waals surface area (Å²) in [5.41, 5.74) is 8.60. The molecule has 2 heteroatoms. The largest absolute Gasteiger partial charge is 0.247 e. The molecule has 5 rings (SSSR count). The van der Waals surface area contributed by atoms with Crippen molar-refractivity contribution in [3.63, 3.8) is 0 Å². The van der Waals surface area contributed by atoms with E-state index in [-0.39, 0.29) is 5.41 Å². The molecule has 0 spiro atoms. The second kappa shape index (κ2) is 5.52. The van der Waals surface area contributed by atoms with Gasteiger partial charge in [-0.05, 0) is 40.5 Å². The lowest BCUT2D eigenvalue weighted by molar-refractivity contribution is 0.662. The van der Waals surface area contributed by atoms with E-state index in [0.717, 1.165) is 15.7 Å². The van der Waals surface area contributed by atoms with Crippen molar-refractivity contribution >= 4 is 26.8 Å². The van der Waals surface area contributed by atoms with E-state index in [4.69, 9.17) is 4.98 Å². The molecule has 0 amide bonds. The highest BCUT2D eigenvalue weighted by Gasteiger charge is 2.39. The van der Waals surface area contributed by atoms with Gasteiger partial charge in [0.25, 0.3) is 0 Å². The van der Waals surface area contributed by atoms with Crippen LogP contribution in [0.5, 0.6) is 0 Å². The van der Waals surface area contributed by atoms with Gasteiger partial charge in [-0.1, -0.05) is 84.4 Å². The van der Waals surface area contributed by atoms with Crippen molar-refractivity contribution in [2.45, 2.75) is 19.3 Å². The summed E-state index contributed by atoms with van der Waals surface area (Å²) in [4.78, 5) is 5.09. The summed E-state index contributed by atoms with van der Waals surface area (Å²) in [6, 6.07) is 25.8. The number of hydrogen-bond donors (Lipinski definition) is 0. The minimum Gasteiger partial charge on any atom is -0.247 e. The minimum atomic E-state index is -0.0780. The molecule has 0 aliphatic heterocycles. The Kier molecular flexibility index (Phi) is 3.35. The van der Waals surface area contributed by atoms with Crippen molar-refractivity contribution in [3.8, 4) is 22.4 Å². The second-order valence-corrected chi connectivity index (χ2v) is 8.32. The third kappa shape index (κ3) is 2.12. The summed E-state index contributed by atoms with van der Waals surface area (Å²) < 4.78 is 1.10. The monoisotopic (exact) mass is 399 g/mol. The Morgan fingerprint density at radius 2 is 1.50 bits per heavy atom. The van der Waals surface area contributed by atoms with E-state index in [9.17, 15) is 0 Å². The van der Waals surface area contributed by atoms with Crippen LogP contribution in [0.15, 0.2) is 77.3 Å². The predicted octanol–water partition coefficient (Wildman–Crippen LogP) is 6.97. The van der Waals surface area contributed by atoms with E-state index < -0.39 is 0 Å². The summed E-state index contributed by atoms with van der Waals surface area (Å²) in [7, 11) is 0. The van der Waals surface area contributed by atoms with Crippen molar-refractivity contribution in [1.29, 1.82) is 0 Å². The number of para-hydroxylation sites is 1. The van der Waals surface area contributed by atoms with Crippen molar-refractivity contribution in [3.05, 3.63) is 88.4 Å². The molecule has 0 radical (unpaired) electrons. The Morgan fingerprint density at radius 3 is 2.31 bits per heavy atom. The lowest BCUT2D eigenvalue weighted by Crippen LogP contribution is -2.16. The van der Waals surface area contributed by atoms with Gasteiger partial charge in [-0.2, -0.15) is 0 Å². The Bertz CT molecular complexity index is 1160. The molecular weight excluding hydrogens is 382 g/mol. The van der Waals surface area contributed by atoms with E-state index in [1.54, 1.807) is 0 Å². The second-order valence-electron chi connectivity index (χ2n) is 7.41. The van der Waals surface area contributed by atoms with Crippen LogP contribution in [0.3, 0.4) is 0 Å². The number of nitrogens with zero attached hydrogens (tertiary/aromatic N) is 1. The van der Waals surface area contributed by atoms with Crippen molar-refractivity contribution < 1.29 is 0 Å². The van der Waals surface area contributed by atoms with Crippen LogP contribution in [-0.2, 0) is 5.41 Å². The fraction of sp³-hybridized carbons (Fsp3) is 0.125. The van der Waals surface area contributed by atoms with Crippen LogP contribution in [0.1, 0.15) is 25.0 Å². The molecule has 0 saturated carbocycles. The number of fused-ring (bicyclic) bond motifs is 4. The highest BCUT2D eigenvalue weighted by molar-refractivity contribution is 9.10. The standard InChI is InChI=1S/C24H18BrN/c1-24(2)19-9-5-3-7-17(19)23-22(24)21(15-11-13-16(25)14-12-15)18-8-4-6-10-20(18)26-23/h3-14H,1-2H3. The van der Waals surface area contributed by atoms with Gasteiger partial charge in [0.05, 0.1) is 11.2 Å². The van der Waals surface area contributed by atoms with Crippen LogP contribution < -0.4 is 0 Å². The van der Waals surface area contributed by atoms with Gasteiger partial charge in [0.2, 0.25) is 0 Å². The molecule has 1 aliphatic carbocycles. The van der Waals surface area contributed by atoms with Crippen molar-refractivity contribution in [1.82, 2.24) is 4.98 Å². The molecule has 0 atom stereocenters. The van der Waals surface area contributed by atoms with Gasteiger partial charge in [0, 0.05) is 20.8 Å². The van der Waals surface area contributed by atoms with E-state index in [1.807, 2.05) is 0 Å². The molecule has 0 unspecified atom stereocenters. The molecule has 0 N–H and O–H groups in total. The van der Waals surface area contributed by atoms with Crippen LogP contribution in [0, 0.1) is 0 Å². The first-order valence-corrected chi connectivity index (χ1v) is 9.66. The van der Waals surface area contributed by atoms with Crippen LogP contribution >= 0.6 is 15.9 Å². The zero-order chi connectivity index (χ0) is 17.9. The summed E-state index contributed by atoms with van der Waals surface area (Å²) in [5, 5.41) is 1.22. The highest BCUT2D eigenvalue weighted by atomic mass is 79.9. The number of aromatic nitrogens is 1. The summed E-state index contributed by atoms with van der Waals surface area (Å²) in [6.45, 7) is 4.63. The Balaban J connectivity index is 1.97. The zero-order valence-electron chi connectivity index (χ0n) is 14.8. The molecule has 1 nitrogen and oxygen atoms in total. The highest BCUT2D eigenvalue weighted by Crippen LogP contribution is 2.52. The number of halogens is 1. The van der Waals surface area contributed by atoms with Gasteiger partial charge in [0.1, 0.15) is 0 Å². The smallest absolute Gasteiger partial charge is 0.0759 e. The first-order valence-electron chi connectivity index (χ1n) is 8.86. The van der Waals surface area contributed by atoms with Gasteiger partial charge < -0.3 is 0 Å². The lowest BCUT2D eigenvalue weighted by Gasteiger charge is -2.25. The molecule has 1 aliphatic rings. The van der Waals surface area contributed by atoms with Gasteiger partial charge in [0.15, 0.2) is 0 Å². The van der Waals surface area contributed by atoms with Gasteiger partial charge in [-0.3, -0.25) is 0 Å². The van der Waals surface area contributed by atoms with Crippen LogP contribution in [-0.4, -0.2) is 4.98 Å². The van der Waals surface area contributed by atoms with Crippen molar-refractivity contribution in [2.24, 2.45) is 0 Å². The number of benzene rings is 3. The minimum absolute atomic E-state index is 0.0780. The van der Waals surface area contributed by atoms with Crippen molar-refractivity contribution in [2.75, 3.05) is 0 Å². The van der Waals surface area contributed by atoms with Gasteiger partial charge in [-0.25, -0.2) is 4.98 Å². The zero-order valence-corrected chi connectivity index (χ0v) is 16.3. The van der Waals surface area contributed by atoms with E-state index in [0.29, 0.717) is 0 Å². The lowest BCUT2D eigenvalue weighted by atomic mass is 9.78. The Hall–Kier alpha value is -2.45. The molecule has 4 aromatic rings. The average Bonchev–Trinajstić information content (AvgIpc) is 2.89. The van der Waals surface area contributed by atoms with Crippen LogP contribution in [0.4, 0.5) is 0 Å². The third-order valence-electron chi connectivity index (χ3n) is 5.51. The SMILES string of the molecule is CC1(C)c2ccccc2-c2nc3ccccc3c(-c3ccc(Br)cc3)c21. The topological polar surface area (TPSA) is 12.9 Å². The molecule has 1 aromatic heterocycles. The van der Waals surface area contributed by atoms with Crippen LogP contribution in [0.2, 0.25) is 0 Å².